The number of alkyl halides is 3. The van der Waals surface area contributed by atoms with Crippen molar-refractivity contribution in [2.75, 3.05) is 13.6 Å². The largest absolute Gasteiger partial charge is 0.416 e. The highest BCUT2D eigenvalue weighted by atomic mass is 35.5. The van der Waals surface area contributed by atoms with Gasteiger partial charge in [-0.15, -0.1) is 10.2 Å². The van der Waals surface area contributed by atoms with Crippen LogP contribution in [-0.2, 0) is 13.1 Å². The summed E-state index contributed by atoms with van der Waals surface area (Å²) in [6.07, 6.45) is -6.35. The lowest BCUT2D eigenvalue weighted by atomic mass is 10.1. The number of carbonyl (C=O) groups is 1. The summed E-state index contributed by atoms with van der Waals surface area (Å²) in [7, 11) is 1.67. The second kappa shape index (κ2) is 10.8. The lowest BCUT2D eigenvalue weighted by Gasteiger charge is -2.16. The molecule has 0 spiro atoms. The number of aromatic nitrogens is 6. The standard InChI is InChI=1S/C24H23ClF3N7O3/c1-3-32(2)22(37)17-6-4-5-7-18(17)35-14-29-20(30-35)13-34-23(38)33(12-19(36)24(26,27)28)21(31-34)15-8-10-16(25)11-9-15/h4-11,14,19,36H,3,12-13H2,1-2H3/t19-/m0/s1. The van der Waals surface area contributed by atoms with E-state index in [1.165, 1.54) is 40.2 Å². The zero-order chi connectivity index (χ0) is 27.6. The summed E-state index contributed by atoms with van der Waals surface area (Å²) in [5, 5.41) is 18.6. The van der Waals surface area contributed by atoms with Gasteiger partial charge >= 0.3 is 11.9 Å². The van der Waals surface area contributed by atoms with Gasteiger partial charge in [0.2, 0.25) is 0 Å². The Bertz CT molecular complexity index is 1500. The average Bonchev–Trinajstić information content (AvgIpc) is 3.48. The van der Waals surface area contributed by atoms with Gasteiger partial charge in [-0.05, 0) is 43.3 Å². The minimum Gasteiger partial charge on any atom is -0.382 e. The van der Waals surface area contributed by atoms with Crippen molar-refractivity contribution in [3.8, 4) is 17.1 Å². The molecule has 1 N–H and O–H groups in total. The van der Waals surface area contributed by atoms with Crippen molar-refractivity contribution in [2.45, 2.75) is 32.3 Å². The Hall–Kier alpha value is -3.97. The number of hydrogen-bond acceptors (Lipinski definition) is 6. The van der Waals surface area contributed by atoms with Gasteiger partial charge in [-0.1, -0.05) is 23.7 Å². The topological polar surface area (TPSA) is 111 Å². The van der Waals surface area contributed by atoms with Gasteiger partial charge in [-0.25, -0.2) is 19.1 Å². The van der Waals surface area contributed by atoms with Crippen molar-refractivity contribution in [2.24, 2.45) is 0 Å². The number of rotatable bonds is 8. The number of benzene rings is 2. The highest BCUT2D eigenvalue weighted by Crippen LogP contribution is 2.24. The molecule has 2 aromatic heterocycles. The first kappa shape index (κ1) is 27.1. The quantitative estimate of drug-likeness (QED) is 0.362. The zero-order valence-corrected chi connectivity index (χ0v) is 21.1. The number of carbonyl (C=O) groups excluding carboxylic acids is 1. The smallest absolute Gasteiger partial charge is 0.382 e. The molecule has 0 bridgehead atoms. The molecule has 38 heavy (non-hydrogen) atoms. The third-order valence-corrected chi connectivity index (χ3v) is 6.04. The van der Waals surface area contributed by atoms with Gasteiger partial charge in [0.15, 0.2) is 17.8 Å². The molecule has 1 amide bonds. The Balaban J connectivity index is 1.69. The van der Waals surface area contributed by atoms with Crippen molar-refractivity contribution < 1.29 is 23.1 Å². The van der Waals surface area contributed by atoms with Crippen LogP contribution in [0.1, 0.15) is 23.1 Å². The molecule has 2 aromatic carbocycles. The van der Waals surface area contributed by atoms with Gasteiger partial charge in [0.25, 0.3) is 5.91 Å². The minimum atomic E-state index is -4.93. The van der Waals surface area contributed by atoms with E-state index in [0.717, 1.165) is 9.25 Å². The number of hydrogen-bond donors (Lipinski definition) is 1. The maximum absolute atomic E-state index is 13.1. The van der Waals surface area contributed by atoms with Gasteiger partial charge in [0, 0.05) is 24.2 Å². The fourth-order valence-corrected chi connectivity index (χ4v) is 3.75. The first-order valence-electron chi connectivity index (χ1n) is 11.4. The van der Waals surface area contributed by atoms with E-state index < -0.39 is 24.5 Å². The molecule has 0 saturated heterocycles. The van der Waals surface area contributed by atoms with Crippen LogP contribution < -0.4 is 5.69 Å². The van der Waals surface area contributed by atoms with Crippen LogP contribution in [0.15, 0.2) is 59.7 Å². The predicted molar refractivity (Wildman–Crippen MR) is 132 cm³/mol. The highest BCUT2D eigenvalue weighted by molar-refractivity contribution is 6.30. The molecule has 2 heterocycles. The van der Waals surface area contributed by atoms with Crippen LogP contribution in [0, 0.1) is 0 Å². The summed E-state index contributed by atoms with van der Waals surface area (Å²) in [4.78, 5) is 31.6. The second-order valence-electron chi connectivity index (χ2n) is 8.38. The summed E-state index contributed by atoms with van der Waals surface area (Å²) < 4.78 is 42.3. The van der Waals surface area contributed by atoms with Crippen LogP contribution in [-0.4, -0.2) is 70.9 Å². The van der Waals surface area contributed by atoms with E-state index >= 15 is 0 Å². The summed E-state index contributed by atoms with van der Waals surface area (Å²) in [6.45, 7) is 1.02. The molecule has 0 aliphatic heterocycles. The first-order valence-corrected chi connectivity index (χ1v) is 11.8. The third kappa shape index (κ3) is 5.63. The van der Waals surface area contributed by atoms with Crippen LogP contribution in [0.3, 0.4) is 0 Å². The van der Waals surface area contributed by atoms with Gasteiger partial charge in [-0.2, -0.15) is 13.2 Å². The van der Waals surface area contributed by atoms with Crippen molar-refractivity contribution in [3.63, 3.8) is 0 Å². The molecule has 10 nitrogen and oxygen atoms in total. The van der Waals surface area contributed by atoms with E-state index in [4.69, 9.17) is 11.6 Å². The fraction of sp³-hybridized carbons (Fsp3) is 0.292. The second-order valence-corrected chi connectivity index (χ2v) is 8.82. The molecule has 0 aliphatic carbocycles. The molecule has 4 aromatic rings. The molecular formula is C24H23ClF3N7O3. The molecule has 0 fully saturated rings. The molecule has 1 atom stereocenters. The molecule has 0 unspecified atom stereocenters. The van der Waals surface area contributed by atoms with E-state index in [-0.39, 0.29) is 24.1 Å². The number of para-hydroxylation sites is 1. The summed E-state index contributed by atoms with van der Waals surface area (Å²) >= 11 is 5.91. The van der Waals surface area contributed by atoms with Gasteiger partial charge in [0.05, 0.1) is 17.8 Å². The monoisotopic (exact) mass is 549 g/mol. The number of amides is 1. The van der Waals surface area contributed by atoms with Crippen molar-refractivity contribution in [3.05, 3.63) is 81.8 Å². The van der Waals surface area contributed by atoms with Crippen LogP contribution in [0.5, 0.6) is 0 Å². The van der Waals surface area contributed by atoms with Crippen LogP contribution in [0.4, 0.5) is 13.2 Å². The Morgan fingerprint density at radius 1 is 1.13 bits per heavy atom. The normalized spacial score (nSPS) is 12.5. The predicted octanol–water partition coefficient (Wildman–Crippen LogP) is 3.01. The Labute approximate surface area is 219 Å². The van der Waals surface area contributed by atoms with E-state index in [1.807, 2.05) is 6.92 Å². The Kier molecular flexibility index (Phi) is 7.69. The minimum absolute atomic E-state index is 0.0899. The van der Waals surface area contributed by atoms with E-state index in [9.17, 15) is 27.9 Å². The molecule has 4 rings (SSSR count). The summed E-state index contributed by atoms with van der Waals surface area (Å²) in [5.41, 5.74) is 0.283. The van der Waals surface area contributed by atoms with Gasteiger partial charge < -0.3 is 10.0 Å². The molecular weight excluding hydrogens is 527 g/mol. The third-order valence-electron chi connectivity index (χ3n) is 5.79. The first-order chi connectivity index (χ1) is 18.0. The number of halogens is 4. The molecule has 200 valence electrons. The van der Waals surface area contributed by atoms with E-state index in [0.29, 0.717) is 28.4 Å². The molecule has 0 aliphatic rings. The summed E-state index contributed by atoms with van der Waals surface area (Å²) in [5.74, 6) is -0.180. The van der Waals surface area contributed by atoms with Gasteiger partial charge in [0.1, 0.15) is 12.9 Å². The lowest BCUT2D eigenvalue weighted by molar-refractivity contribution is -0.207. The number of aliphatic hydroxyl groups is 1. The Morgan fingerprint density at radius 3 is 2.47 bits per heavy atom. The maximum atomic E-state index is 13.1. The van der Waals surface area contributed by atoms with Crippen LogP contribution >= 0.6 is 11.6 Å². The molecule has 0 saturated carbocycles. The average molecular weight is 550 g/mol. The van der Waals surface area contributed by atoms with E-state index in [1.54, 1.807) is 31.3 Å². The number of aliphatic hydroxyl groups excluding tert-OH is 1. The van der Waals surface area contributed by atoms with Crippen molar-refractivity contribution in [1.29, 1.82) is 0 Å². The Morgan fingerprint density at radius 2 is 1.82 bits per heavy atom. The number of nitrogens with zero attached hydrogens (tertiary/aromatic N) is 7. The van der Waals surface area contributed by atoms with E-state index in [2.05, 4.69) is 15.2 Å². The van der Waals surface area contributed by atoms with Gasteiger partial charge in [-0.3, -0.25) is 9.36 Å². The summed E-state index contributed by atoms with van der Waals surface area (Å²) in [6, 6.07) is 12.8. The SMILES string of the molecule is CCN(C)C(=O)c1ccccc1-n1cnc(Cn2nc(-c3ccc(Cl)cc3)n(C[C@H](O)C(F)(F)F)c2=O)n1. The lowest BCUT2D eigenvalue weighted by Crippen LogP contribution is -2.37. The van der Waals surface area contributed by atoms with Crippen molar-refractivity contribution in [1.82, 2.24) is 34.0 Å². The highest BCUT2D eigenvalue weighted by Gasteiger charge is 2.39. The molecule has 14 heteroatoms. The zero-order valence-electron chi connectivity index (χ0n) is 20.3. The van der Waals surface area contributed by atoms with Crippen LogP contribution in [0.2, 0.25) is 5.02 Å². The van der Waals surface area contributed by atoms with Crippen LogP contribution in [0.25, 0.3) is 17.1 Å². The molecule has 0 radical (unpaired) electrons. The fourth-order valence-electron chi connectivity index (χ4n) is 3.62. The van der Waals surface area contributed by atoms with Crippen molar-refractivity contribution >= 4 is 17.5 Å². The maximum Gasteiger partial charge on any atom is 0.416 e.